The number of nitrogens with zero attached hydrogens (tertiary/aromatic N) is 4. The second kappa shape index (κ2) is 12.2. The quantitative estimate of drug-likeness (QED) is 0.191. The van der Waals surface area contributed by atoms with E-state index in [9.17, 15) is 22.8 Å². The lowest BCUT2D eigenvalue weighted by Crippen LogP contribution is -2.54. The number of methoxy groups -OCH3 is 1. The van der Waals surface area contributed by atoms with Crippen LogP contribution in [0.5, 0.6) is 5.75 Å². The largest absolute Gasteiger partial charge is 0.494 e. The Labute approximate surface area is 255 Å². The molecule has 0 spiro atoms. The molecule has 2 bridgehead atoms. The number of aromatic nitrogens is 2. The standard InChI is InChI=1S/C33H38F4N6O/c1-19(33(35,36)37)31-21-9-6-10-24(42-25-11-13-43(4)27-15-23(25)30(27)34)22(21)14-20(41-31)8-7-12-39-26-17-40-29(16-28(26)44-5)32(2,3)18-38/h6,9-10,14,16-17,23,25,27,30,39,42H,1,7-8,11-13,15H2,2-5H3/t23?,25-,27+,30-/m1/s1. The Balaban J connectivity index is 1.38. The number of nitrogens with one attached hydrogen (secondary N) is 2. The Bertz CT molecular complexity index is 1580. The topological polar surface area (TPSA) is 86.1 Å². The van der Waals surface area contributed by atoms with Crippen molar-refractivity contribution in [3.05, 3.63) is 60.2 Å². The smallest absolute Gasteiger partial charge is 0.417 e. The van der Waals surface area contributed by atoms with Crippen LogP contribution >= 0.6 is 0 Å². The first-order valence-corrected chi connectivity index (χ1v) is 14.8. The zero-order chi connectivity index (χ0) is 31.8. The number of halogens is 4. The predicted octanol–water partition coefficient (Wildman–Crippen LogP) is 6.90. The van der Waals surface area contributed by atoms with Crippen molar-refractivity contribution < 1.29 is 22.3 Å². The van der Waals surface area contributed by atoms with Crippen molar-refractivity contribution in [1.29, 1.82) is 5.26 Å². The number of anilines is 2. The van der Waals surface area contributed by atoms with Crippen LogP contribution in [0.4, 0.5) is 28.9 Å². The van der Waals surface area contributed by atoms with Gasteiger partial charge in [0.05, 0.1) is 47.4 Å². The number of nitriles is 1. The molecular weight excluding hydrogens is 572 g/mol. The predicted molar refractivity (Wildman–Crippen MR) is 165 cm³/mol. The molecule has 44 heavy (non-hydrogen) atoms. The third kappa shape index (κ3) is 6.18. The molecule has 11 heteroatoms. The van der Waals surface area contributed by atoms with Crippen molar-refractivity contribution in [2.75, 3.05) is 37.9 Å². The molecule has 0 radical (unpaired) electrons. The zero-order valence-corrected chi connectivity index (χ0v) is 25.4. The van der Waals surface area contributed by atoms with Crippen LogP contribution in [0.25, 0.3) is 16.3 Å². The number of alkyl halides is 4. The number of hydrogen-bond donors (Lipinski definition) is 2. The van der Waals surface area contributed by atoms with E-state index in [0.29, 0.717) is 58.7 Å². The van der Waals surface area contributed by atoms with Crippen molar-refractivity contribution in [1.82, 2.24) is 14.9 Å². The maximum Gasteiger partial charge on any atom is 0.417 e. The normalized spacial score (nSPS) is 22.1. The third-order valence-electron chi connectivity index (χ3n) is 8.99. The van der Waals surface area contributed by atoms with E-state index in [1.54, 1.807) is 38.2 Å². The van der Waals surface area contributed by atoms with Crippen LogP contribution in [0, 0.1) is 17.2 Å². The molecule has 2 N–H and O–H groups in total. The number of aryl methyl sites for hydroxylation is 1. The fourth-order valence-corrected chi connectivity index (χ4v) is 6.12. The van der Waals surface area contributed by atoms with Gasteiger partial charge in [0.15, 0.2) is 0 Å². The molecule has 2 aliphatic heterocycles. The van der Waals surface area contributed by atoms with Crippen LogP contribution in [0.1, 0.15) is 50.2 Å². The summed E-state index contributed by atoms with van der Waals surface area (Å²) in [6, 6.07) is 10.7. The van der Waals surface area contributed by atoms with E-state index in [2.05, 4.69) is 38.1 Å². The lowest BCUT2D eigenvalue weighted by Gasteiger charge is -2.44. The minimum absolute atomic E-state index is 0.0662. The fourth-order valence-electron chi connectivity index (χ4n) is 6.12. The maximum absolute atomic E-state index is 14.9. The number of benzene rings is 1. The van der Waals surface area contributed by atoms with Crippen LogP contribution in [-0.4, -0.2) is 66.5 Å². The molecule has 1 saturated carbocycles. The number of ether oxygens (including phenoxy) is 1. The maximum atomic E-state index is 14.9. The van der Waals surface area contributed by atoms with Crippen molar-refractivity contribution >= 4 is 27.7 Å². The molecule has 234 valence electrons. The van der Waals surface area contributed by atoms with E-state index < -0.39 is 23.3 Å². The van der Waals surface area contributed by atoms with Gasteiger partial charge in [-0.05, 0) is 58.7 Å². The minimum atomic E-state index is -4.65. The Morgan fingerprint density at radius 1 is 1.20 bits per heavy atom. The van der Waals surface area contributed by atoms with Crippen LogP contribution < -0.4 is 15.4 Å². The SMILES string of the molecule is C=C(c1nc(CCCNc2cnc(C(C)(C)C#N)cc2OC)cc2c(N[C@@H]3CCN(C)[C@H]4CC3[C@H]4F)cccc12)C(F)(F)F. The molecule has 4 heterocycles. The lowest BCUT2D eigenvalue weighted by atomic mass is 9.74. The van der Waals surface area contributed by atoms with Gasteiger partial charge in [-0.2, -0.15) is 18.4 Å². The lowest BCUT2D eigenvalue weighted by molar-refractivity contribution is -0.0688. The molecule has 1 aromatic carbocycles. The molecule has 3 fully saturated rings. The summed E-state index contributed by atoms with van der Waals surface area (Å²) in [6.07, 6.45) is -1.50. The van der Waals surface area contributed by atoms with E-state index in [0.717, 1.165) is 19.4 Å². The molecule has 0 amide bonds. The summed E-state index contributed by atoms with van der Waals surface area (Å²) in [4.78, 5) is 10.9. The molecule has 2 saturated heterocycles. The van der Waals surface area contributed by atoms with Gasteiger partial charge >= 0.3 is 6.18 Å². The molecule has 3 aliphatic rings. The van der Waals surface area contributed by atoms with Crippen LogP contribution in [0.15, 0.2) is 43.1 Å². The Hall–Kier alpha value is -3.91. The summed E-state index contributed by atoms with van der Waals surface area (Å²) in [5, 5.41) is 17.2. The molecule has 4 atom stereocenters. The third-order valence-corrected chi connectivity index (χ3v) is 8.99. The monoisotopic (exact) mass is 610 g/mol. The van der Waals surface area contributed by atoms with Crippen molar-refractivity contribution in [2.45, 2.75) is 69.4 Å². The first-order valence-electron chi connectivity index (χ1n) is 14.8. The number of hydrogen-bond acceptors (Lipinski definition) is 7. The Kier molecular flexibility index (Phi) is 8.76. The van der Waals surface area contributed by atoms with Gasteiger partial charge in [0.1, 0.15) is 11.9 Å². The summed E-state index contributed by atoms with van der Waals surface area (Å²) >= 11 is 0. The van der Waals surface area contributed by atoms with Gasteiger partial charge in [-0.3, -0.25) is 9.97 Å². The summed E-state index contributed by atoms with van der Waals surface area (Å²) < 4.78 is 62.1. The second-order valence-electron chi connectivity index (χ2n) is 12.3. The van der Waals surface area contributed by atoms with E-state index in [1.807, 2.05) is 19.2 Å². The molecule has 2 aromatic heterocycles. The molecular formula is C33H38F4N6O. The Morgan fingerprint density at radius 2 is 1.98 bits per heavy atom. The van der Waals surface area contributed by atoms with Gasteiger partial charge in [0.2, 0.25) is 0 Å². The van der Waals surface area contributed by atoms with E-state index in [4.69, 9.17) is 4.74 Å². The van der Waals surface area contributed by atoms with E-state index in [1.165, 1.54) is 7.11 Å². The molecule has 7 nitrogen and oxygen atoms in total. The number of pyridine rings is 2. The highest BCUT2D eigenvalue weighted by molar-refractivity contribution is 6.00. The van der Waals surface area contributed by atoms with Crippen LogP contribution in [0.2, 0.25) is 0 Å². The highest BCUT2D eigenvalue weighted by atomic mass is 19.4. The average molecular weight is 611 g/mol. The number of rotatable bonds is 10. The van der Waals surface area contributed by atoms with Gasteiger partial charge in [-0.1, -0.05) is 18.7 Å². The highest BCUT2D eigenvalue weighted by Gasteiger charge is 2.49. The second-order valence-corrected chi connectivity index (χ2v) is 12.3. The molecule has 6 rings (SSSR count). The summed E-state index contributed by atoms with van der Waals surface area (Å²) in [5.41, 5.74) is 0.417. The van der Waals surface area contributed by atoms with Crippen LogP contribution in [0.3, 0.4) is 0 Å². The highest BCUT2D eigenvalue weighted by Crippen LogP contribution is 2.43. The van der Waals surface area contributed by atoms with Gasteiger partial charge in [-0.15, -0.1) is 0 Å². The minimum Gasteiger partial charge on any atom is -0.494 e. The van der Waals surface area contributed by atoms with Gasteiger partial charge in [0.25, 0.3) is 0 Å². The Morgan fingerprint density at radius 3 is 2.66 bits per heavy atom. The van der Waals surface area contributed by atoms with Crippen molar-refractivity contribution in [3.63, 3.8) is 0 Å². The van der Waals surface area contributed by atoms with Crippen molar-refractivity contribution in [2.24, 2.45) is 5.92 Å². The fraction of sp³-hybridized carbons (Fsp3) is 0.485. The van der Waals surface area contributed by atoms with E-state index >= 15 is 0 Å². The van der Waals surface area contributed by atoms with Crippen LogP contribution in [-0.2, 0) is 11.8 Å². The van der Waals surface area contributed by atoms with E-state index in [-0.39, 0.29) is 23.7 Å². The average Bonchev–Trinajstić information content (AvgIpc) is 3.23. The number of allylic oxidation sites excluding steroid dienone is 1. The van der Waals surface area contributed by atoms with Crippen molar-refractivity contribution in [3.8, 4) is 11.8 Å². The molecule has 1 unspecified atom stereocenters. The first-order chi connectivity index (χ1) is 20.8. The number of fused-ring (bicyclic) bond motifs is 4. The van der Waals surface area contributed by atoms with Gasteiger partial charge in [-0.25, -0.2) is 4.39 Å². The van der Waals surface area contributed by atoms with Gasteiger partial charge < -0.3 is 20.3 Å². The summed E-state index contributed by atoms with van der Waals surface area (Å²) in [6.45, 7) is 8.13. The van der Waals surface area contributed by atoms with Gasteiger partial charge in [0, 0.05) is 59.3 Å². The first kappa shape index (κ1) is 31.5. The summed E-state index contributed by atoms with van der Waals surface area (Å²) in [7, 11) is 3.47. The molecule has 3 aromatic rings. The molecule has 1 aliphatic carbocycles. The zero-order valence-electron chi connectivity index (χ0n) is 25.4. The summed E-state index contributed by atoms with van der Waals surface area (Å²) in [5.74, 6) is 0.406.